The zero-order valence-electron chi connectivity index (χ0n) is 17.1. The Morgan fingerprint density at radius 3 is 2.33 bits per heavy atom. The number of benzene rings is 1. The molecule has 0 aliphatic rings. The summed E-state index contributed by atoms with van der Waals surface area (Å²) in [6, 6.07) is 12.1. The van der Waals surface area contributed by atoms with Gasteiger partial charge in [0, 0.05) is 12.4 Å². The van der Waals surface area contributed by atoms with Gasteiger partial charge in [-0.1, -0.05) is 30.3 Å². The summed E-state index contributed by atoms with van der Waals surface area (Å²) in [5, 5.41) is 13.4. The van der Waals surface area contributed by atoms with E-state index in [4.69, 9.17) is 9.84 Å². The quantitative estimate of drug-likeness (QED) is 0.522. The molecule has 1 amide bonds. The van der Waals surface area contributed by atoms with Crippen molar-refractivity contribution in [2.75, 3.05) is 24.7 Å². The molecule has 0 aliphatic carbocycles. The number of ether oxygens (including phenoxy) is 1. The third-order valence-electron chi connectivity index (χ3n) is 4.43. The number of nitrogens with zero attached hydrogens (tertiary/aromatic N) is 2. The molecule has 8 nitrogen and oxygen atoms in total. The average molecular weight is 438 g/mol. The molecule has 0 fully saturated rings. The summed E-state index contributed by atoms with van der Waals surface area (Å²) in [5.74, 6) is -2.23. The van der Waals surface area contributed by atoms with Gasteiger partial charge in [0.15, 0.2) is 0 Å². The number of aromatic nitrogens is 1. The van der Waals surface area contributed by atoms with Crippen molar-refractivity contribution in [3.63, 3.8) is 0 Å². The number of hydrogen-bond acceptors (Lipinski definition) is 5. The fraction of sp³-hybridized carbons (Fsp3) is 0.381. The lowest BCUT2D eigenvalue weighted by Crippen LogP contribution is -2.52. The van der Waals surface area contributed by atoms with Gasteiger partial charge < -0.3 is 15.2 Å². The van der Waals surface area contributed by atoms with Gasteiger partial charge in [-0.3, -0.25) is 19.1 Å². The Labute approximate surface area is 182 Å². The molecule has 1 aromatic carbocycles. The number of halogens is 1. The van der Waals surface area contributed by atoms with Crippen molar-refractivity contribution >= 4 is 30.3 Å². The monoisotopic (exact) mass is 437 g/mol. The van der Waals surface area contributed by atoms with Crippen molar-refractivity contribution in [1.82, 2.24) is 9.99 Å². The van der Waals surface area contributed by atoms with Crippen LogP contribution in [0.5, 0.6) is 0 Å². The predicted molar refractivity (Wildman–Crippen MR) is 115 cm³/mol. The Morgan fingerprint density at radius 1 is 1.13 bits per heavy atom. The normalized spacial score (nSPS) is 12.3. The van der Waals surface area contributed by atoms with Crippen LogP contribution in [-0.2, 0) is 19.1 Å². The van der Waals surface area contributed by atoms with Crippen LogP contribution >= 0.6 is 12.4 Å². The van der Waals surface area contributed by atoms with Crippen molar-refractivity contribution in [3.05, 3.63) is 60.4 Å². The van der Waals surface area contributed by atoms with Crippen LogP contribution in [-0.4, -0.2) is 53.4 Å². The molecule has 9 heteroatoms. The average Bonchev–Trinajstić information content (AvgIpc) is 3.24. The zero-order valence-corrected chi connectivity index (χ0v) is 17.9. The molecule has 164 valence electrons. The molecule has 1 aromatic heterocycles. The van der Waals surface area contributed by atoms with E-state index < -0.39 is 24.5 Å². The number of carbonyl (C=O) groups excluding carboxylic acids is 2. The number of carboxylic acids is 1. The smallest absolute Gasteiger partial charge is 0.325 e. The molecule has 0 bridgehead atoms. The molecule has 2 N–H and O–H groups in total. The van der Waals surface area contributed by atoms with E-state index in [-0.39, 0.29) is 24.3 Å². The van der Waals surface area contributed by atoms with Crippen molar-refractivity contribution < 1.29 is 24.2 Å². The number of rotatable bonds is 11. The van der Waals surface area contributed by atoms with Crippen LogP contribution in [0.2, 0.25) is 0 Å². The summed E-state index contributed by atoms with van der Waals surface area (Å²) in [7, 11) is 0. The van der Waals surface area contributed by atoms with E-state index in [1.165, 1.54) is 4.68 Å². The lowest BCUT2D eigenvalue weighted by atomic mass is 9.95. The van der Waals surface area contributed by atoms with Crippen LogP contribution < -0.4 is 10.3 Å². The number of carboxylic acid groups (broad SMARTS) is 1. The fourth-order valence-corrected chi connectivity index (χ4v) is 2.99. The number of carbonyl (C=O) groups is 3. The Hall–Kier alpha value is -2.84. The summed E-state index contributed by atoms with van der Waals surface area (Å²) < 4.78 is 6.63. The van der Waals surface area contributed by atoms with Crippen molar-refractivity contribution in [2.24, 2.45) is 0 Å². The van der Waals surface area contributed by atoms with Crippen LogP contribution in [0.3, 0.4) is 0 Å². The first-order valence-electron chi connectivity index (χ1n) is 9.55. The van der Waals surface area contributed by atoms with Crippen LogP contribution in [0.25, 0.3) is 0 Å². The largest absolute Gasteiger partial charge is 0.480 e. The maximum Gasteiger partial charge on any atom is 0.325 e. The third-order valence-corrected chi connectivity index (χ3v) is 4.43. The van der Waals surface area contributed by atoms with Gasteiger partial charge in [0.25, 0.3) is 5.91 Å². The van der Waals surface area contributed by atoms with E-state index >= 15 is 0 Å². The summed E-state index contributed by atoms with van der Waals surface area (Å²) in [6.07, 6.45) is 3.67. The van der Waals surface area contributed by atoms with Crippen molar-refractivity contribution in [2.45, 2.75) is 32.2 Å². The first-order valence-corrected chi connectivity index (χ1v) is 9.55. The summed E-state index contributed by atoms with van der Waals surface area (Å²) >= 11 is 0. The fourth-order valence-electron chi connectivity index (χ4n) is 2.99. The minimum atomic E-state index is -1.11. The molecule has 2 aromatic rings. The molecular weight excluding hydrogens is 410 g/mol. The summed E-state index contributed by atoms with van der Waals surface area (Å²) in [4.78, 5) is 36.2. The highest BCUT2D eigenvalue weighted by Crippen LogP contribution is 2.21. The summed E-state index contributed by atoms with van der Waals surface area (Å²) in [6.45, 7) is 3.66. The Bertz CT molecular complexity index is 798. The molecule has 0 spiro atoms. The molecule has 1 heterocycles. The Kier molecular flexibility index (Phi) is 10.6. The first-order chi connectivity index (χ1) is 13.9. The van der Waals surface area contributed by atoms with Crippen LogP contribution in [0, 0.1) is 0 Å². The number of aliphatic carboxylic acids is 1. The highest BCUT2D eigenvalue weighted by Gasteiger charge is 2.25. The van der Waals surface area contributed by atoms with Crippen molar-refractivity contribution in [1.29, 1.82) is 0 Å². The second-order valence-corrected chi connectivity index (χ2v) is 6.53. The van der Waals surface area contributed by atoms with E-state index in [2.05, 4.69) is 5.32 Å². The minimum absolute atomic E-state index is 0. The van der Waals surface area contributed by atoms with Crippen molar-refractivity contribution in [3.8, 4) is 0 Å². The van der Waals surface area contributed by atoms with Crippen LogP contribution in [0.1, 0.15) is 31.7 Å². The second-order valence-electron chi connectivity index (χ2n) is 6.53. The number of hydrogen-bond donors (Lipinski definition) is 2. The van der Waals surface area contributed by atoms with Gasteiger partial charge in [0.05, 0.1) is 18.6 Å². The topological polar surface area (TPSA) is 101 Å². The zero-order chi connectivity index (χ0) is 21.2. The lowest BCUT2D eigenvalue weighted by molar-refractivity contribution is -0.145. The Balaban J connectivity index is 0.00000450. The first kappa shape index (κ1) is 25.2. The number of amides is 1. The molecule has 0 saturated carbocycles. The van der Waals surface area contributed by atoms with Gasteiger partial charge in [-0.05, 0) is 44.5 Å². The molecule has 0 aliphatic heterocycles. The van der Waals surface area contributed by atoms with E-state index in [0.717, 1.165) is 10.6 Å². The van der Waals surface area contributed by atoms with E-state index in [1.54, 1.807) is 38.4 Å². The van der Waals surface area contributed by atoms with E-state index in [9.17, 15) is 14.4 Å². The standard InChI is InChI=1S/C21H27N3O5.ClH/c1-3-29-21(28)18(17-9-5-4-6-10-17)11-12-22-16(2)20(27)24(15-19(25)26)23-13-7-8-14-23;/h4-10,13-14,16,18,22H,3,11-12,15H2,1-2H3,(H,25,26);1H/t16-,18?;/m0./s1. The maximum absolute atomic E-state index is 12.7. The third kappa shape index (κ3) is 7.20. The predicted octanol–water partition coefficient (Wildman–Crippen LogP) is 2.17. The molecule has 30 heavy (non-hydrogen) atoms. The highest BCUT2D eigenvalue weighted by atomic mass is 35.5. The molecule has 0 radical (unpaired) electrons. The van der Waals surface area contributed by atoms with Gasteiger partial charge in [-0.25, -0.2) is 5.01 Å². The lowest BCUT2D eigenvalue weighted by Gasteiger charge is -2.26. The van der Waals surface area contributed by atoms with Gasteiger partial charge in [0.1, 0.15) is 6.54 Å². The molecule has 0 saturated heterocycles. The van der Waals surface area contributed by atoms with Gasteiger partial charge in [0.2, 0.25) is 0 Å². The van der Waals surface area contributed by atoms with Gasteiger partial charge >= 0.3 is 11.9 Å². The molecule has 2 rings (SSSR count). The summed E-state index contributed by atoms with van der Waals surface area (Å²) in [5.41, 5.74) is 0.853. The Morgan fingerprint density at radius 2 is 1.77 bits per heavy atom. The van der Waals surface area contributed by atoms with Crippen LogP contribution in [0.15, 0.2) is 54.9 Å². The SMILES string of the molecule is CCOC(=O)C(CCN[C@@H](C)C(=O)N(CC(=O)O)n1cccc1)c1ccccc1.Cl. The second kappa shape index (κ2) is 12.7. The van der Waals surface area contributed by atoms with E-state index in [0.29, 0.717) is 19.6 Å². The molecular formula is C21H28ClN3O5. The molecule has 1 unspecified atom stereocenters. The number of esters is 1. The highest BCUT2D eigenvalue weighted by molar-refractivity contribution is 5.94. The van der Waals surface area contributed by atoms with E-state index in [1.807, 2.05) is 30.3 Å². The van der Waals surface area contributed by atoms with Gasteiger partial charge in [-0.15, -0.1) is 12.4 Å². The number of nitrogens with one attached hydrogen (secondary N) is 1. The van der Waals surface area contributed by atoms with Gasteiger partial charge in [-0.2, -0.15) is 0 Å². The molecule has 2 atom stereocenters. The maximum atomic E-state index is 12.7. The van der Waals surface area contributed by atoms with Crippen LogP contribution in [0.4, 0.5) is 0 Å². The minimum Gasteiger partial charge on any atom is -0.480 e.